The van der Waals surface area contributed by atoms with E-state index in [0.717, 1.165) is 5.56 Å². The van der Waals surface area contributed by atoms with Gasteiger partial charge in [0.15, 0.2) is 17.5 Å². The number of benzene rings is 1. The number of aliphatic imine (C=N–C) groups is 1. The SMILES string of the molecule is CCNC(=NCc1cc(OC)c(O)c(OC)c1)N1CCN(C(C)C(F)(F)F)CC1. The molecule has 7 nitrogen and oxygen atoms in total. The van der Waals surface area contributed by atoms with Crippen LogP contribution in [0.4, 0.5) is 13.2 Å². The van der Waals surface area contributed by atoms with E-state index in [1.807, 2.05) is 11.8 Å². The third-order valence-electron chi connectivity index (χ3n) is 4.92. The molecular weight excluding hydrogens is 389 g/mol. The van der Waals surface area contributed by atoms with Crippen LogP contribution in [0.1, 0.15) is 19.4 Å². The number of piperazine rings is 1. The molecule has 0 spiro atoms. The van der Waals surface area contributed by atoms with Crippen molar-refractivity contribution < 1.29 is 27.8 Å². The first-order chi connectivity index (χ1) is 13.7. The number of aromatic hydroxyl groups is 1. The summed E-state index contributed by atoms with van der Waals surface area (Å²) in [5.41, 5.74) is 0.774. The van der Waals surface area contributed by atoms with Crippen LogP contribution in [-0.4, -0.2) is 80.0 Å². The van der Waals surface area contributed by atoms with Gasteiger partial charge in [0.05, 0.1) is 20.8 Å². The van der Waals surface area contributed by atoms with Crippen LogP contribution in [0.3, 0.4) is 0 Å². The van der Waals surface area contributed by atoms with E-state index >= 15 is 0 Å². The van der Waals surface area contributed by atoms with E-state index in [9.17, 15) is 18.3 Å². The van der Waals surface area contributed by atoms with E-state index in [1.165, 1.54) is 26.0 Å². The molecule has 1 atom stereocenters. The average Bonchev–Trinajstić information content (AvgIpc) is 2.70. The second-order valence-electron chi connectivity index (χ2n) is 6.76. The van der Waals surface area contributed by atoms with Gasteiger partial charge in [-0.1, -0.05) is 0 Å². The summed E-state index contributed by atoms with van der Waals surface area (Å²) in [6.45, 7) is 5.60. The van der Waals surface area contributed by atoms with Crippen LogP contribution < -0.4 is 14.8 Å². The van der Waals surface area contributed by atoms with E-state index in [0.29, 0.717) is 45.2 Å². The molecular formula is C19H29F3N4O3. The third-order valence-corrected chi connectivity index (χ3v) is 4.92. The Morgan fingerprint density at radius 1 is 1.17 bits per heavy atom. The summed E-state index contributed by atoms with van der Waals surface area (Å²) >= 11 is 0. The Balaban J connectivity index is 2.10. The monoisotopic (exact) mass is 418 g/mol. The maximum Gasteiger partial charge on any atom is 0.403 e. The summed E-state index contributed by atoms with van der Waals surface area (Å²) in [6.07, 6.45) is -4.22. The zero-order chi connectivity index (χ0) is 21.6. The molecule has 1 saturated heterocycles. The lowest BCUT2D eigenvalue weighted by Gasteiger charge is -2.39. The van der Waals surface area contributed by atoms with Gasteiger partial charge < -0.3 is 24.8 Å². The van der Waals surface area contributed by atoms with Crippen LogP contribution in [0, 0.1) is 0 Å². The molecule has 0 bridgehead atoms. The molecule has 2 N–H and O–H groups in total. The van der Waals surface area contributed by atoms with Gasteiger partial charge in [0, 0.05) is 32.7 Å². The Morgan fingerprint density at radius 3 is 2.17 bits per heavy atom. The summed E-state index contributed by atoms with van der Waals surface area (Å²) < 4.78 is 49.1. The van der Waals surface area contributed by atoms with Gasteiger partial charge in [-0.3, -0.25) is 4.90 Å². The molecule has 1 aliphatic heterocycles. The number of phenolic OH excluding ortho intramolecular Hbond substituents is 1. The van der Waals surface area contributed by atoms with Gasteiger partial charge in [0.25, 0.3) is 0 Å². The molecule has 1 heterocycles. The lowest BCUT2D eigenvalue weighted by molar-refractivity contribution is -0.181. The van der Waals surface area contributed by atoms with Crippen LogP contribution in [0.5, 0.6) is 17.2 Å². The number of guanidine groups is 1. The third kappa shape index (κ3) is 5.81. The smallest absolute Gasteiger partial charge is 0.403 e. The van der Waals surface area contributed by atoms with Crippen molar-refractivity contribution in [2.75, 3.05) is 46.9 Å². The van der Waals surface area contributed by atoms with Gasteiger partial charge in [-0.05, 0) is 31.5 Å². The first-order valence-corrected chi connectivity index (χ1v) is 9.49. The molecule has 0 saturated carbocycles. The summed E-state index contributed by atoms with van der Waals surface area (Å²) in [6, 6.07) is 1.89. The van der Waals surface area contributed by atoms with Crippen molar-refractivity contribution in [2.45, 2.75) is 32.6 Å². The number of nitrogens with zero attached hydrogens (tertiary/aromatic N) is 3. The molecule has 164 valence electrons. The molecule has 0 radical (unpaired) electrons. The van der Waals surface area contributed by atoms with E-state index in [1.54, 1.807) is 12.1 Å². The highest BCUT2D eigenvalue weighted by Crippen LogP contribution is 2.37. The summed E-state index contributed by atoms with van der Waals surface area (Å²) in [5.74, 6) is 1.13. The van der Waals surface area contributed by atoms with Crippen LogP contribution in [0.2, 0.25) is 0 Å². The van der Waals surface area contributed by atoms with Crippen LogP contribution in [-0.2, 0) is 6.54 Å². The lowest BCUT2D eigenvalue weighted by atomic mass is 10.2. The van der Waals surface area contributed by atoms with Crippen molar-refractivity contribution in [3.8, 4) is 17.2 Å². The number of alkyl halides is 3. The Morgan fingerprint density at radius 2 is 1.72 bits per heavy atom. The van der Waals surface area contributed by atoms with Crippen LogP contribution in [0.25, 0.3) is 0 Å². The molecule has 0 aliphatic carbocycles. The highest BCUT2D eigenvalue weighted by molar-refractivity contribution is 5.80. The molecule has 1 aliphatic rings. The number of rotatable bonds is 6. The average molecular weight is 418 g/mol. The predicted molar refractivity (Wildman–Crippen MR) is 105 cm³/mol. The number of ether oxygens (including phenoxy) is 2. The summed E-state index contributed by atoms with van der Waals surface area (Å²) in [7, 11) is 2.90. The molecule has 1 aromatic carbocycles. The summed E-state index contributed by atoms with van der Waals surface area (Å²) in [5, 5.41) is 13.2. The number of phenols is 1. The molecule has 0 amide bonds. The van der Waals surface area contributed by atoms with Crippen LogP contribution >= 0.6 is 0 Å². The number of nitrogens with one attached hydrogen (secondary N) is 1. The first-order valence-electron chi connectivity index (χ1n) is 9.49. The molecule has 10 heteroatoms. The highest BCUT2D eigenvalue weighted by atomic mass is 19.4. The maximum absolute atomic E-state index is 12.9. The molecule has 0 aromatic heterocycles. The zero-order valence-corrected chi connectivity index (χ0v) is 17.2. The highest BCUT2D eigenvalue weighted by Gasteiger charge is 2.41. The molecule has 1 fully saturated rings. The van der Waals surface area contributed by atoms with E-state index in [-0.39, 0.29) is 17.2 Å². The minimum absolute atomic E-state index is 0.0791. The molecule has 29 heavy (non-hydrogen) atoms. The number of hydrogen-bond donors (Lipinski definition) is 2. The van der Waals surface area contributed by atoms with Gasteiger partial charge in [0.2, 0.25) is 5.75 Å². The van der Waals surface area contributed by atoms with Gasteiger partial charge in [-0.15, -0.1) is 0 Å². The van der Waals surface area contributed by atoms with Gasteiger partial charge in [-0.25, -0.2) is 4.99 Å². The number of hydrogen-bond acceptors (Lipinski definition) is 5. The number of halogens is 3. The molecule has 2 rings (SSSR count). The van der Waals surface area contributed by atoms with E-state index < -0.39 is 12.2 Å². The van der Waals surface area contributed by atoms with Gasteiger partial charge >= 0.3 is 6.18 Å². The first kappa shape index (κ1) is 22.9. The Hall–Kier alpha value is -2.36. The second-order valence-corrected chi connectivity index (χ2v) is 6.76. The van der Waals surface area contributed by atoms with Gasteiger partial charge in [0.1, 0.15) is 6.04 Å². The largest absolute Gasteiger partial charge is 0.502 e. The Bertz CT molecular complexity index is 679. The van der Waals surface area contributed by atoms with Crippen molar-refractivity contribution in [3.05, 3.63) is 17.7 Å². The zero-order valence-electron chi connectivity index (χ0n) is 17.2. The maximum atomic E-state index is 12.9. The van der Waals surface area contributed by atoms with Crippen molar-refractivity contribution in [1.29, 1.82) is 0 Å². The Labute approximate surface area is 169 Å². The fourth-order valence-corrected chi connectivity index (χ4v) is 3.16. The molecule has 1 aromatic rings. The van der Waals surface area contributed by atoms with Crippen LogP contribution in [0.15, 0.2) is 17.1 Å². The topological polar surface area (TPSA) is 69.6 Å². The Kier molecular flexibility index (Phi) is 7.83. The van der Waals surface area contributed by atoms with Crippen molar-refractivity contribution >= 4 is 5.96 Å². The van der Waals surface area contributed by atoms with E-state index in [2.05, 4.69) is 10.3 Å². The quantitative estimate of drug-likeness (QED) is 0.546. The second kappa shape index (κ2) is 9.91. The predicted octanol–water partition coefficient (Wildman–Crippen LogP) is 2.44. The summed E-state index contributed by atoms with van der Waals surface area (Å²) in [4.78, 5) is 8.00. The normalized spacial score (nSPS) is 17.2. The minimum Gasteiger partial charge on any atom is -0.502 e. The van der Waals surface area contributed by atoms with E-state index in [4.69, 9.17) is 9.47 Å². The molecule has 1 unspecified atom stereocenters. The lowest BCUT2D eigenvalue weighted by Crippen LogP contribution is -2.56. The standard InChI is InChI=1S/C19H29F3N4O3/c1-5-23-18(26-8-6-25(7-9-26)13(2)19(20,21)22)24-12-14-10-15(28-3)17(27)16(11-14)29-4/h10-11,13,27H,5-9,12H2,1-4H3,(H,23,24). The fraction of sp³-hybridized carbons (Fsp3) is 0.632. The minimum atomic E-state index is -4.22. The van der Waals surface area contributed by atoms with Crippen molar-refractivity contribution in [2.24, 2.45) is 4.99 Å². The fourth-order valence-electron chi connectivity index (χ4n) is 3.16. The van der Waals surface area contributed by atoms with Crippen molar-refractivity contribution in [1.82, 2.24) is 15.1 Å². The number of methoxy groups -OCH3 is 2. The van der Waals surface area contributed by atoms with Gasteiger partial charge in [-0.2, -0.15) is 13.2 Å². The van der Waals surface area contributed by atoms with Crippen molar-refractivity contribution in [3.63, 3.8) is 0 Å².